The van der Waals surface area contributed by atoms with Crippen LogP contribution in [0.15, 0.2) is 0 Å². The molecule has 0 saturated heterocycles. The summed E-state index contributed by atoms with van der Waals surface area (Å²) in [5, 5.41) is 6.66. The largest absolute Gasteiger partial charge is 0.352 e. The van der Waals surface area contributed by atoms with E-state index in [9.17, 15) is 4.79 Å². The van der Waals surface area contributed by atoms with Crippen LogP contribution in [0.5, 0.6) is 0 Å². The Morgan fingerprint density at radius 2 is 2.31 bits per heavy atom. The molecule has 1 N–H and O–H groups in total. The van der Waals surface area contributed by atoms with Crippen LogP contribution in [-0.2, 0) is 6.42 Å². The van der Waals surface area contributed by atoms with Crippen LogP contribution in [0, 0.1) is 0 Å². The number of aromatic nitrogens is 2. The second-order valence-electron chi connectivity index (χ2n) is 2.66. The van der Waals surface area contributed by atoms with E-state index < -0.39 is 0 Å². The Kier molecular flexibility index (Phi) is 3.82. The molecule has 0 unspecified atom stereocenters. The second-order valence-corrected chi connectivity index (χ2v) is 3.41. The first-order valence-electron chi connectivity index (χ1n) is 4.39. The van der Waals surface area contributed by atoms with Crippen molar-refractivity contribution in [1.82, 2.24) is 14.9 Å². The Hall–Kier alpha value is -0.970. The van der Waals surface area contributed by atoms with Crippen molar-refractivity contribution in [3.05, 3.63) is 10.6 Å². The van der Waals surface area contributed by atoms with E-state index in [1.165, 1.54) is 0 Å². The van der Waals surface area contributed by atoms with Gasteiger partial charge in [-0.15, -0.1) is 5.10 Å². The van der Waals surface area contributed by atoms with Crippen molar-refractivity contribution in [1.29, 1.82) is 0 Å². The lowest BCUT2D eigenvalue weighted by atomic mass is 10.2. The van der Waals surface area contributed by atoms with Crippen LogP contribution in [0.1, 0.15) is 35.6 Å². The third kappa shape index (κ3) is 2.48. The van der Waals surface area contributed by atoms with E-state index in [-0.39, 0.29) is 5.91 Å². The maximum Gasteiger partial charge on any atom is 0.264 e. The first kappa shape index (κ1) is 10.1. The zero-order valence-electron chi connectivity index (χ0n) is 7.83. The Balaban J connectivity index is 2.74. The molecule has 0 radical (unpaired) electrons. The van der Waals surface area contributed by atoms with Crippen LogP contribution < -0.4 is 5.32 Å². The number of carbonyl (C=O) groups is 1. The van der Waals surface area contributed by atoms with Crippen LogP contribution in [0.4, 0.5) is 0 Å². The minimum Gasteiger partial charge on any atom is -0.352 e. The molecule has 0 spiro atoms. The molecule has 1 rings (SSSR count). The quantitative estimate of drug-likeness (QED) is 0.793. The number of hydrogen-bond donors (Lipinski definition) is 1. The van der Waals surface area contributed by atoms with Gasteiger partial charge in [0.25, 0.3) is 5.91 Å². The average molecular weight is 199 g/mol. The third-order valence-electron chi connectivity index (χ3n) is 1.59. The van der Waals surface area contributed by atoms with Gasteiger partial charge in [0.15, 0.2) is 0 Å². The fraction of sp³-hybridized carbons (Fsp3) is 0.625. The summed E-state index contributed by atoms with van der Waals surface area (Å²) in [6.45, 7) is 4.59. The number of amides is 1. The Labute approximate surface area is 81.5 Å². The zero-order valence-corrected chi connectivity index (χ0v) is 8.65. The molecule has 0 aromatic carbocycles. The van der Waals surface area contributed by atoms with E-state index in [4.69, 9.17) is 0 Å². The predicted molar refractivity (Wildman–Crippen MR) is 51.9 cm³/mol. The highest BCUT2D eigenvalue weighted by Gasteiger charge is 2.13. The maximum atomic E-state index is 11.4. The normalized spacial score (nSPS) is 10.0. The van der Waals surface area contributed by atoms with Gasteiger partial charge in [-0.2, -0.15) is 0 Å². The highest BCUT2D eigenvalue weighted by molar-refractivity contribution is 7.08. The van der Waals surface area contributed by atoms with Gasteiger partial charge in [0.2, 0.25) is 0 Å². The van der Waals surface area contributed by atoms with E-state index in [2.05, 4.69) is 21.8 Å². The maximum absolute atomic E-state index is 11.4. The number of rotatable bonds is 4. The van der Waals surface area contributed by atoms with E-state index in [1.54, 1.807) is 0 Å². The van der Waals surface area contributed by atoms with E-state index in [0.29, 0.717) is 11.4 Å². The molecule has 13 heavy (non-hydrogen) atoms. The minimum atomic E-state index is -0.0547. The van der Waals surface area contributed by atoms with Crippen LogP contribution in [0.3, 0.4) is 0 Å². The summed E-state index contributed by atoms with van der Waals surface area (Å²) < 4.78 is 3.77. The summed E-state index contributed by atoms with van der Waals surface area (Å²) in [5.41, 5.74) is 0.818. The van der Waals surface area contributed by atoms with Crippen molar-refractivity contribution in [2.75, 3.05) is 6.54 Å². The summed E-state index contributed by atoms with van der Waals surface area (Å²) in [7, 11) is 0. The molecule has 4 nitrogen and oxygen atoms in total. The first-order chi connectivity index (χ1) is 6.29. The number of nitrogens with one attached hydrogen (secondary N) is 1. The molecule has 0 fully saturated rings. The molecule has 1 aromatic rings. The van der Waals surface area contributed by atoms with Crippen LogP contribution in [0.2, 0.25) is 0 Å². The number of carbonyl (C=O) groups excluding carboxylic acids is 1. The number of hydrogen-bond acceptors (Lipinski definition) is 4. The smallest absolute Gasteiger partial charge is 0.264 e. The Morgan fingerprint density at radius 1 is 1.54 bits per heavy atom. The van der Waals surface area contributed by atoms with Gasteiger partial charge in [0.1, 0.15) is 4.88 Å². The molecule has 0 aliphatic heterocycles. The summed E-state index contributed by atoms with van der Waals surface area (Å²) >= 11 is 1.16. The monoisotopic (exact) mass is 199 g/mol. The van der Waals surface area contributed by atoms with Gasteiger partial charge in [-0.25, -0.2) is 0 Å². The summed E-state index contributed by atoms with van der Waals surface area (Å²) in [6.07, 6.45) is 1.81. The highest BCUT2D eigenvalue weighted by Crippen LogP contribution is 2.11. The lowest BCUT2D eigenvalue weighted by Crippen LogP contribution is -2.22. The van der Waals surface area contributed by atoms with E-state index in [0.717, 1.165) is 30.1 Å². The van der Waals surface area contributed by atoms with Gasteiger partial charge >= 0.3 is 0 Å². The number of aryl methyl sites for hydroxylation is 1. The molecule has 72 valence electrons. The van der Waals surface area contributed by atoms with Gasteiger partial charge in [-0.3, -0.25) is 4.79 Å². The minimum absolute atomic E-state index is 0.0547. The van der Waals surface area contributed by atoms with Crippen molar-refractivity contribution in [2.24, 2.45) is 0 Å². The fourth-order valence-electron chi connectivity index (χ4n) is 1.02. The Morgan fingerprint density at radius 3 is 2.92 bits per heavy atom. The van der Waals surface area contributed by atoms with Crippen LogP contribution >= 0.6 is 11.5 Å². The summed E-state index contributed by atoms with van der Waals surface area (Å²) in [5.74, 6) is -0.0547. The average Bonchev–Trinajstić information content (AvgIpc) is 2.54. The number of nitrogens with zero attached hydrogens (tertiary/aromatic N) is 2. The van der Waals surface area contributed by atoms with Crippen molar-refractivity contribution < 1.29 is 4.79 Å². The van der Waals surface area contributed by atoms with Crippen molar-refractivity contribution >= 4 is 17.4 Å². The van der Waals surface area contributed by atoms with Gasteiger partial charge in [-0.1, -0.05) is 17.8 Å². The molecule has 1 heterocycles. The molecular formula is C8H13N3OS. The zero-order chi connectivity index (χ0) is 9.68. The second kappa shape index (κ2) is 4.91. The van der Waals surface area contributed by atoms with Gasteiger partial charge in [0, 0.05) is 6.54 Å². The molecule has 0 aliphatic rings. The molecule has 5 heteroatoms. The third-order valence-corrected chi connectivity index (χ3v) is 2.35. The van der Waals surface area contributed by atoms with Crippen molar-refractivity contribution in [3.8, 4) is 0 Å². The van der Waals surface area contributed by atoms with Gasteiger partial charge in [-0.05, 0) is 24.9 Å². The summed E-state index contributed by atoms with van der Waals surface area (Å²) in [6, 6.07) is 0. The molecule has 1 aromatic heterocycles. The topological polar surface area (TPSA) is 54.9 Å². The molecule has 0 bridgehead atoms. The van der Waals surface area contributed by atoms with Crippen LogP contribution in [0.25, 0.3) is 0 Å². The van der Waals surface area contributed by atoms with Crippen molar-refractivity contribution in [3.63, 3.8) is 0 Å². The van der Waals surface area contributed by atoms with E-state index in [1.807, 2.05) is 6.92 Å². The van der Waals surface area contributed by atoms with Gasteiger partial charge in [0.05, 0.1) is 5.69 Å². The molecule has 1 amide bonds. The molecular weight excluding hydrogens is 186 g/mol. The molecule has 0 saturated carbocycles. The van der Waals surface area contributed by atoms with E-state index >= 15 is 0 Å². The SMILES string of the molecule is CCCc1nnsc1C(=O)NCC. The summed E-state index contributed by atoms with van der Waals surface area (Å²) in [4.78, 5) is 12.1. The van der Waals surface area contributed by atoms with Crippen molar-refractivity contribution in [2.45, 2.75) is 26.7 Å². The standard InChI is InChI=1S/C8H13N3OS/c1-3-5-6-7(13-11-10-6)8(12)9-4-2/h3-5H2,1-2H3,(H,9,12). The molecule has 0 aliphatic carbocycles. The molecule has 0 atom stereocenters. The van der Waals surface area contributed by atoms with Gasteiger partial charge < -0.3 is 5.32 Å². The van der Waals surface area contributed by atoms with Crippen LogP contribution in [-0.4, -0.2) is 22.0 Å². The lowest BCUT2D eigenvalue weighted by molar-refractivity contribution is 0.0958. The first-order valence-corrected chi connectivity index (χ1v) is 5.16. The highest BCUT2D eigenvalue weighted by atomic mass is 32.1. The lowest BCUT2D eigenvalue weighted by Gasteiger charge is -1.99. The predicted octanol–water partition coefficient (Wildman–Crippen LogP) is 1.24. The Bertz CT molecular complexity index is 285. The fourth-order valence-corrected chi connectivity index (χ4v) is 1.65.